The number of hydrogen-bond acceptors (Lipinski definition) is 1. The van der Waals surface area contributed by atoms with Gasteiger partial charge in [0.25, 0.3) is 0 Å². The maximum absolute atomic E-state index is 11.4. The molecular formula is C18H23NO2. The molecule has 3 heteroatoms. The second-order valence-corrected chi connectivity index (χ2v) is 5.38. The van der Waals surface area contributed by atoms with Gasteiger partial charge in [0.1, 0.15) is 5.69 Å². The normalized spacial score (nSPS) is 12.2. The lowest BCUT2D eigenvalue weighted by molar-refractivity contribution is 0.0683. The van der Waals surface area contributed by atoms with Crippen LogP contribution >= 0.6 is 0 Å². The van der Waals surface area contributed by atoms with E-state index < -0.39 is 5.97 Å². The molecule has 0 saturated carbocycles. The van der Waals surface area contributed by atoms with E-state index in [1.54, 1.807) is 6.07 Å². The number of carboxylic acids is 1. The highest BCUT2D eigenvalue weighted by Gasteiger charge is 2.18. The van der Waals surface area contributed by atoms with Crippen LogP contribution in [0.3, 0.4) is 0 Å². The van der Waals surface area contributed by atoms with Crippen LogP contribution in [0.4, 0.5) is 0 Å². The SMILES string of the molecule is CCCCCCC(c1ccccc1)n1cccc1C(=O)O. The van der Waals surface area contributed by atoms with Crippen molar-refractivity contribution in [1.29, 1.82) is 0 Å². The number of nitrogens with zero attached hydrogens (tertiary/aromatic N) is 1. The van der Waals surface area contributed by atoms with E-state index in [-0.39, 0.29) is 6.04 Å². The largest absolute Gasteiger partial charge is 0.477 e. The van der Waals surface area contributed by atoms with Crippen LogP contribution in [0.2, 0.25) is 0 Å². The van der Waals surface area contributed by atoms with Gasteiger partial charge >= 0.3 is 5.97 Å². The van der Waals surface area contributed by atoms with Crippen LogP contribution in [0.5, 0.6) is 0 Å². The van der Waals surface area contributed by atoms with Gasteiger partial charge in [-0.1, -0.05) is 62.9 Å². The van der Waals surface area contributed by atoms with Crippen molar-refractivity contribution in [3.8, 4) is 0 Å². The first-order valence-corrected chi connectivity index (χ1v) is 7.69. The molecule has 0 spiro atoms. The molecule has 0 aliphatic heterocycles. The first-order valence-electron chi connectivity index (χ1n) is 7.69. The van der Waals surface area contributed by atoms with E-state index in [0.717, 1.165) is 12.8 Å². The Labute approximate surface area is 126 Å². The third-order valence-electron chi connectivity index (χ3n) is 3.85. The van der Waals surface area contributed by atoms with E-state index >= 15 is 0 Å². The van der Waals surface area contributed by atoms with Gasteiger partial charge in [0.05, 0.1) is 6.04 Å². The zero-order valence-corrected chi connectivity index (χ0v) is 12.5. The average Bonchev–Trinajstić information content (AvgIpc) is 2.98. The van der Waals surface area contributed by atoms with E-state index in [1.807, 2.05) is 35.0 Å². The van der Waals surface area contributed by atoms with Crippen LogP contribution < -0.4 is 0 Å². The average molecular weight is 285 g/mol. The highest BCUT2D eigenvalue weighted by Crippen LogP contribution is 2.26. The van der Waals surface area contributed by atoms with E-state index in [4.69, 9.17) is 0 Å². The summed E-state index contributed by atoms with van der Waals surface area (Å²) in [6.07, 6.45) is 7.60. The van der Waals surface area contributed by atoms with E-state index in [2.05, 4.69) is 19.1 Å². The molecule has 1 atom stereocenters. The Balaban J connectivity index is 2.23. The Morgan fingerprint density at radius 3 is 2.52 bits per heavy atom. The van der Waals surface area contributed by atoms with Gasteiger partial charge in [-0.2, -0.15) is 0 Å². The summed E-state index contributed by atoms with van der Waals surface area (Å²) in [6.45, 7) is 2.20. The van der Waals surface area contributed by atoms with Gasteiger partial charge in [-0.15, -0.1) is 0 Å². The molecule has 1 aromatic heterocycles. The second kappa shape index (κ2) is 7.67. The summed E-state index contributed by atoms with van der Waals surface area (Å²) < 4.78 is 1.89. The summed E-state index contributed by atoms with van der Waals surface area (Å²) in [5, 5.41) is 9.34. The second-order valence-electron chi connectivity index (χ2n) is 5.38. The predicted molar refractivity (Wildman–Crippen MR) is 84.7 cm³/mol. The molecule has 1 N–H and O–H groups in total. The Kier molecular flexibility index (Phi) is 5.61. The molecule has 1 aromatic carbocycles. The van der Waals surface area contributed by atoms with Crippen molar-refractivity contribution in [1.82, 2.24) is 4.57 Å². The van der Waals surface area contributed by atoms with Crippen LogP contribution in [0.25, 0.3) is 0 Å². The molecule has 0 radical (unpaired) electrons. The highest BCUT2D eigenvalue weighted by atomic mass is 16.4. The molecule has 0 saturated heterocycles. The fourth-order valence-electron chi connectivity index (χ4n) is 2.75. The molecule has 112 valence electrons. The molecule has 21 heavy (non-hydrogen) atoms. The quantitative estimate of drug-likeness (QED) is 0.711. The smallest absolute Gasteiger partial charge is 0.352 e. The molecule has 3 nitrogen and oxygen atoms in total. The molecule has 1 heterocycles. The molecule has 0 amide bonds. The standard InChI is InChI=1S/C18H23NO2/c1-2-3-4-8-12-16(15-10-6-5-7-11-15)19-14-9-13-17(19)18(20)21/h5-7,9-11,13-14,16H,2-4,8,12H2,1H3,(H,20,21). The lowest BCUT2D eigenvalue weighted by Crippen LogP contribution is -2.15. The Morgan fingerprint density at radius 2 is 1.86 bits per heavy atom. The number of hydrogen-bond donors (Lipinski definition) is 1. The highest BCUT2D eigenvalue weighted by molar-refractivity contribution is 5.85. The predicted octanol–water partition coefficient (Wildman–Crippen LogP) is 4.75. The van der Waals surface area contributed by atoms with Crippen molar-refractivity contribution >= 4 is 5.97 Å². The molecule has 1 unspecified atom stereocenters. The van der Waals surface area contributed by atoms with Crippen LogP contribution in [-0.4, -0.2) is 15.6 Å². The van der Waals surface area contributed by atoms with Crippen LogP contribution in [0.15, 0.2) is 48.7 Å². The third kappa shape index (κ3) is 3.97. The third-order valence-corrected chi connectivity index (χ3v) is 3.85. The van der Waals surface area contributed by atoms with Gasteiger partial charge in [-0.05, 0) is 24.1 Å². The first kappa shape index (κ1) is 15.4. The van der Waals surface area contributed by atoms with Gasteiger partial charge in [0, 0.05) is 6.20 Å². The van der Waals surface area contributed by atoms with Gasteiger partial charge in [-0.3, -0.25) is 0 Å². The zero-order chi connectivity index (χ0) is 15.1. The summed E-state index contributed by atoms with van der Waals surface area (Å²) in [4.78, 5) is 11.4. The lowest BCUT2D eigenvalue weighted by atomic mass is 9.99. The van der Waals surface area contributed by atoms with Crippen molar-refractivity contribution in [3.05, 3.63) is 59.9 Å². The number of rotatable bonds is 8. The lowest BCUT2D eigenvalue weighted by Gasteiger charge is -2.21. The number of carbonyl (C=O) groups is 1. The molecule has 0 fully saturated rings. The Hall–Kier alpha value is -2.03. The zero-order valence-electron chi connectivity index (χ0n) is 12.5. The number of unbranched alkanes of at least 4 members (excludes halogenated alkanes) is 3. The van der Waals surface area contributed by atoms with Crippen LogP contribution in [0, 0.1) is 0 Å². The summed E-state index contributed by atoms with van der Waals surface area (Å²) in [6, 6.07) is 13.8. The number of benzene rings is 1. The van der Waals surface area contributed by atoms with Gasteiger partial charge in [0.15, 0.2) is 0 Å². The van der Waals surface area contributed by atoms with Crippen molar-refractivity contribution in [2.75, 3.05) is 0 Å². The fourth-order valence-corrected chi connectivity index (χ4v) is 2.75. The molecule has 2 aromatic rings. The van der Waals surface area contributed by atoms with Crippen LogP contribution in [-0.2, 0) is 0 Å². The van der Waals surface area contributed by atoms with Crippen LogP contribution in [0.1, 0.15) is 61.1 Å². The van der Waals surface area contributed by atoms with Crippen molar-refractivity contribution < 1.29 is 9.90 Å². The topological polar surface area (TPSA) is 42.2 Å². The van der Waals surface area contributed by atoms with Gasteiger partial charge < -0.3 is 9.67 Å². The van der Waals surface area contributed by atoms with E-state index in [0.29, 0.717) is 5.69 Å². The minimum Gasteiger partial charge on any atom is -0.477 e. The van der Waals surface area contributed by atoms with E-state index in [9.17, 15) is 9.90 Å². The van der Waals surface area contributed by atoms with E-state index in [1.165, 1.54) is 24.8 Å². The summed E-state index contributed by atoms with van der Waals surface area (Å²) >= 11 is 0. The summed E-state index contributed by atoms with van der Waals surface area (Å²) in [5.41, 5.74) is 1.53. The molecule has 2 rings (SSSR count). The van der Waals surface area contributed by atoms with Crippen molar-refractivity contribution in [2.45, 2.75) is 45.1 Å². The molecule has 0 aliphatic carbocycles. The molecular weight excluding hydrogens is 262 g/mol. The minimum atomic E-state index is -0.866. The molecule has 0 bridgehead atoms. The number of carboxylic acid groups (broad SMARTS) is 1. The van der Waals surface area contributed by atoms with Gasteiger partial charge in [-0.25, -0.2) is 4.79 Å². The first-order chi connectivity index (χ1) is 10.2. The Bertz CT molecular complexity index is 560. The monoisotopic (exact) mass is 285 g/mol. The summed E-state index contributed by atoms with van der Waals surface area (Å²) in [5.74, 6) is -0.866. The minimum absolute atomic E-state index is 0.101. The molecule has 0 aliphatic rings. The fraction of sp³-hybridized carbons (Fsp3) is 0.389. The van der Waals surface area contributed by atoms with Gasteiger partial charge in [0.2, 0.25) is 0 Å². The summed E-state index contributed by atoms with van der Waals surface area (Å²) in [7, 11) is 0. The van der Waals surface area contributed by atoms with Crippen molar-refractivity contribution in [2.24, 2.45) is 0 Å². The maximum atomic E-state index is 11.4. The number of aromatic nitrogens is 1. The Morgan fingerprint density at radius 1 is 1.10 bits per heavy atom. The number of aromatic carboxylic acids is 1. The maximum Gasteiger partial charge on any atom is 0.352 e. The van der Waals surface area contributed by atoms with Crippen molar-refractivity contribution in [3.63, 3.8) is 0 Å².